The molecule has 114 valence electrons. The predicted molar refractivity (Wildman–Crippen MR) is 88.3 cm³/mol. The van der Waals surface area contributed by atoms with Gasteiger partial charge in [-0.15, -0.1) is 0 Å². The number of amides is 1. The fourth-order valence-corrected chi connectivity index (χ4v) is 2.74. The zero-order valence-electron chi connectivity index (χ0n) is 12.2. The lowest BCUT2D eigenvalue weighted by atomic mass is 9.94. The third-order valence-corrected chi connectivity index (χ3v) is 3.93. The number of hydrogen-bond donors (Lipinski definition) is 3. The number of unbranched alkanes of at least 4 members (excludes halogenated alkanes) is 1. The number of pyridine rings is 1. The number of hydrogen-bond acceptors (Lipinski definition) is 4. The van der Waals surface area contributed by atoms with E-state index in [0.29, 0.717) is 11.4 Å². The van der Waals surface area contributed by atoms with Crippen molar-refractivity contribution in [2.45, 2.75) is 44.9 Å². The first-order valence-electron chi connectivity index (χ1n) is 7.42. The van der Waals surface area contributed by atoms with Gasteiger partial charge in [-0.2, -0.15) is 0 Å². The number of aryl methyl sites for hydroxylation is 2. The summed E-state index contributed by atoms with van der Waals surface area (Å²) in [6, 6.07) is 2.08. The van der Waals surface area contributed by atoms with E-state index in [9.17, 15) is 4.79 Å². The van der Waals surface area contributed by atoms with Crippen LogP contribution >= 0.6 is 12.2 Å². The van der Waals surface area contributed by atoms with Crippen molar-refractivity contribution in [1.82, 2.24) is 4.98 Å². The fraction of sp³-hybridized carbons (Fsp3) is 0.533. The van der Waals surface area contributed by atoms with Crippen molar-refractivity contribution >= 4 is 28.9 Å². The number of carbonyl (C=O) groups excluding carboxylic acids is 1. The maximum absolute atomic E-state index is 10.7. The summed E-state index contributed by atoms with van der Waals surface area (Å²) in [5.41, 5.74) is 14.2. The summed E-state index contributed by atoms with van der Waals surface area (Å²) >= 11 is 5.13. The molecule has 5 nitrogen and oxygen atoms in total. The molecule has 0 radical (unpaired) electrons. The second-order valence-electron chi connectivity index (χ2n) is 5.41. The molecule has 1 aliphatic carbocycles. The third kappa shape index (κ3) is 4.39. The highest BCUT2D eigenvalue weighted by atomic mass is 32.1. The molecule has 0 bridgehead atoms. The molecule has 1 aliphatic rings. The van der Waals surface area contributed by atoms with E-state index >= 15 is 0 Å². The average molecular weight is 306 g/mol. The molecule has 1 aromatic rings. The van der Waals surface area contributed by atoms with E-state index in [1.165, 1.54) is 18.4 Å². The monoisotopic (exact) mass is 306 g/mol. The summed E-state index contributed by atoms with van der Waals surface area (Å²) in [5, 5.41) is 3.29. The minimum absolute atomic E-state index is 0.259. The standard InChI is InChI=1S/C15H22N4OS/c16-13(20)7-3-4-8-18-15-11(14(17)21)9-10-5-1-2-6-12(10)19-15/h9H,1-8H2,(H2,16,20)(H2,17,21)(H,18,19). The van der Waals surface area contributed by atoms with Gasteiger partial charge >= 0.3 is 0 Å². The van der Waals surface area contributed by atoms with Crippen LogP contribution in [0.1, 0.15) is 48.9 Å². The first kappa shape index (κ1) is 15.7. The Bertz CT molecular complexity index is 545. The van der Waals surface area contributed by atoms with Gasteiger partial charge in [0.15, 0.2) is 0 Å². The lowest BCUT2D eigenvalue weighted by molar-refractivity contribution is -0.118. The van der Waals surface area contributed by atoms with Crippen molar-refractivity contribution in [2.75, 3.05) is 11.9 Å². The van der Waals surface area contributed by atoms with Crippen LogP contribution in [0.3, 0.4) is 0 Å². The van der Waals surface area contributed by atoms with E-state index in [-0.39, 0.29) is 5.91 Å². The summed E-state index contributed by atoms with van der Waals surface area (Å²) in [5.74, 6) is 0.507. The molecule has 0 fully saturated rings. The van der Waals surface area contributed by atoms with E-state index in [2.05, 4.69) is 11.4 Å². The van der Waals surface area contributed by atoms with Crippen LogP contribution in [-0.4, -0.2) is 22.4 Å². The van der Waals surface area contributed by atoms with Crippen molar-refractivity contribution in [1.29, 1.82) is 0 Å². The number of nitrogens with one attached hydrogen (secondary N) is 1. The summed E-state index contributed by atoms with van der Waals surface area (Å²) < 4.78 is 0. The van der Waals surface area contributed by atoms with E-state index in [4.69, 9.17) is 28.7 Å². The summed E-state index contributed by atoms with van der Waals surface area (Å²) in [4.78, 5) is 15.8. The molecule has 0 atom stereocenters. The average Bonchev–Trinajstić information content (AvgIpc) is 2.45. The van der Waals surface area contributed by atoms with Gasteiger partial charge in [0, 0.05) is 18.7 Å². The van der Waals surface area contributed by atoms with Crippen LogP contribution < -0.4 is 16.8 Å². The molecule has 1 heterocycles. The molecule has 0 unspecified atom stereocenters. The molecule has 2 rings (SSSR count). The van der Waals surface area contributed by atoms with Gasteiger partial charge in [-0.25, -0.2) is 4.98 Å². The van der Waals surface area contributed by atoms with E-state index in [1.54, 1.807) is 0 Å². The highest BCUT2D eigenvalue weighted by Gasteiger charge is 2.16. The summed E-state index contributed by atoms with van der Waals surface area (Å²) in [7, 11) is 0. The van der Waals surface area contributed by atoms with E-state index in [0.717, 1.165) is 49.3 Å². The zero-order chi connectivity index (χ0) is 15.2. The Morgan fingerprint density at radius 3 is 2.76 bits per heavy atom. The van der Waals surface area contributed by atoms with Crippen LogP contribution in [0.4, 0.5) is 5.82 Å². The summed E-state index contributed by atoms with van der Waals surface area (Å²) in [6.07, 6.45) is 6.51. The number of anilines is 1. The van der Waals surface area contributed by atoms with Gasteiger partial charge in [0.2, 0.25) is 5.91 Å². The Kier molecular flexibility index (Phi) is 5.50. The zero-order valence-corrected chi connectivity index (χ0v) is 13.0. The Hall–Kier alpha value is -1.69. The molecule has 0 spiro atoms. The molecule has 1 aromatic heterocycles. The quantitative estimate of drug-likeness (QED) is 0.526. The highest BCUT2D eigenvalue weighted by molar-refractivity contribution is 7.80. The molecule has 0 saturated carbocycles. The van der Waals surface area contributed by atoms with Gasteiger partial charge in [-0.1, -0.05) is 12.2 Å². The Morgan fingerprint density at radius 2 is 2.05 bits per heavy atom. The number of aromatic nitrogens is 1. The molecule has 0 aromatic carbocycles. The molecule has 6 heteroatoms. The van der Waals surface area contributed by atoms with Crippen molar-refractivity contribution in [3.05, 3.63) is 22.9 Å². The topological polar surface area (TPSA) is 94.0 Å². The number of nitrogens with two attached hydrogens (primary N) is 2. The molecule has 0 aliphatic heterocycles. The third-order valence-electron chi connectivity index (χ3n) is 3.71. The van der Waals surface area contributed by atoms with E-state index < -0.39 is 0 Å². The number of rotatable bonds is 7. The van der Waals surface area contributed by atoms with Crippen LogP contribution in [-0.2, 0) is 17.6 Å². The molecular formula is C15H22N4OS. The molecule has 0 saturated heterocycles. The number of primary amides is 1. The number of fused-ring (bicyclic) bond motifs is 1. The molecule has 5 N–H and O–H groups in total. The number of nitrogens with zero attached hydrogens (tertiary/aromatic N) is 1. The van der Waals surface area contributed by atoms with Crippen molar-refractivity contribution in [3.8, 4) is 0 Å². The first-order chi connectivity index (χ1) is 10.1. The maximum atomic E-state index is 10.7. The second-order valence-corrected chi connectivity index (χ2v) is 5.85. The highest BCUT2D eigenvalue weighted by Crippen LogP contribution is 2.24. The lowest BCUT2D eigenvalue weighted by Crippen LogP contribution is -2.18. The minimum Gasteiger partial charge on any atom is -0.389 e. The van der Waals surface area contributed by atoms with Crippen LogP contribution in [0.15, 0.2) is 6.07 Å². The van der Waals surface area contributed by atoms with Gasteiger partial charge in [0.1, 0.15) is 10.8 Å². The molecule has 1 amide bonds. The van der Waals surface area contributed by atoms with Gasteiger partial charge in [0.25, 0.3) is 0 Å². The van der Waals surface area contributed by atoms with Crippen molar-refractivity contribution in [2.24, 2.45) is 11.5 Å². The van der Waals surface area contributed by atoms with Gasteiger partial charge in [-0.3, -0.25) is 4.79 Å². The van der Waals surface area contributed by atoms with Crippen LogP contribution in [0, 0.1) is 0 Å². The fourth-order valence-electron chi connectivity index (χ4n) is 2.59. The van der Waals surface area contributed by atoms with Crippen LogP contribution in [0.25, 0.3) is 0 Å². The number of thiocarbonyl (C=S) groups is 1. The Morgan fingerprint density at radius 1 is 1.29 bits per heavy atom. The van der Waals surface area contributed by atoms with Gasteiger partial charge in [0.05, 0.1) is 5.56 Å². The normalized spacial score (nSPS) is 13.5. The molecule has 21 heavy (non-hydrogen) atoms. The lowest BCUT2D eigenvalue weighted by Gasteiger charge is -2.19. The predicted octanol–water partition coefficient (Wildman–Crippen LogP) is 1.66. The van der Waals surface area contributed by atoms with Gasteiger partial charge in [-0.05, 0) is 50.2 Å². The minimum atomic E-state index is -0.259. The van der Waals surface area contributed by atoms with Crippen molar-refractivity contribution in [3.63, 3.8) is 0 Å². The van der Waals surface area contributed by atoms with Crippen LogP contribution in [0.5, 0.6) is 0 Å². The van der Waals surface area contributed by atoms with E-state index in [1.807, 2.05) is 0 Å². The first-order valence-corrected chi connectivity index (χ1v) is 7.83. The Labute approximate surface area is 130 Å². The number of carbonyl (C=O) groups is 1. The maximum Gasteiger partial charge on any atom is 0.217 e. The second kappa shape index (κ2) is 7.36. The largest absolute Gasteiger partial charge is 0.389 e. The summed E-state index contributed by atoms with van der Waals surface area (Å²) in [6.45, 7) is 0.731. The smallest absolute Gasteiger partial charge is 0.217 e. The van der Waals surface area contributed by atoms with Gasteiger partial charge < -0.3 is 16.8 Å². The Balaban J connectivity index is 2.03. The van der Waals surface area contributed by atoms with Crippen molar-refractivity contribution < 1.29 is 4.79 Å². The SMILES string of the molecule is NC(=O)CCCCNc1nc2c(cc1C(N)=S)CCCC2. The van der Waals surface area contributed by atoms with Crippen LogP contribution in [0.2, 0.25) is 0 Å². The molecular weight excluding hydrogens is 284 g/mol.